The maximum absolute atomic E-state index is 12.4. The molecule has 1 aliphatic heterocycles. The van der Waals surface area contributed by atoms with Gasteiger partial charge in [-0.2, -0.15) is 0 Å². The normalized spacial score (nSPS) is 20.5. The van der Waals surface area contributed by atoms with Crippen LogP contribution in [0.5, 0.6) is 0 Å². The van der Waals surface area contributed by atoms with Gasteiger partial charge in [-0.15, -0.1) is 10.2 Å². The molecule has 1 aromatic heterocycles. The standard InChI is InChI=1S/C20H27N3O3/c1-14(2)20-22-21-18(26-20)8-9-19(25)23-11-10-16(17(24)13-23)12-15-6-4-3-5-7-15/h3-7,14,16-17,24H,8-13H2,1-2H3/t16-,17+/m1/s1. The van der Waals surface area contributed by atoms with Crippen LogP contribution in [0.25, 0.3) is 0 Å². The molecule has 2 aromatic rings. The van der Waals surface area contributed by atoms with Crippen LogP contribution in [-0.2, 0) is 17.6 Å². The third-order valence-corrected chi connectivity index (χ3v) is 4.94. The number of aryl methyl sites for hydroxylation is 1. The zero-order valence-electron chi connectivity index (χ0n) is 15.5. The summed E-state index contributed by atoms with van der Waals surface area (Å²) in [5.74, 6) is 1.52. The van der Waals surface area contributed by atoms with Crippen LogP contribution in [-0.4, -0.2) is 45.3 Å². The minimum atomic E-state index is -0.483. The van der Waals surface area contributed by atoms with Crippen molar-refractivity contribution in [3.8, 4) is 0 Å². The maximum Gasteiger partial charge on any atom is 0.223 e. The second-order valence-corrected chi connectivity index (χ2v) is 7.33. The first-order valence-electron chi connectivity index (χ1n) is 9.35. The van der Waals surface area contributed by atoms with E-state index < -0.39 is 6.10 Å². The van der Waals surface area contributed by atoms with E-state index in [2.05, 4.69) is 22.3 Å². The number of aliphatic hydroxyl groups excluding tert-OH is 1. The highest BCUT2D eigenvalue weighted by molar-refractivity contribution is 5.76. The zero-order valence-corrected chi connectivity index (χ0v) is 15.5. The van der Waals surface area contributed by atoms with Crippen molar-refractivity contribution in [2.24, 2.45) is 5.92 Å². The van der Waals surface area contributed by atoms with Gasteiger partial charge in [-0.3, -0.25) is 4.79 Å². The van der Waals surface area contributed by atoms with Gasteiger partial charge in [0.25, 0.3) is 0 Å². The number of piperidine rings is 1. The molecule has 0 bridgehead atoms. The summed E-state index contributed by atoms with van der Waals surface area (Å²) < 4.78 is 5.55. The molecule has 2 atom stereocenters. The van der Waals surface area contributed by atoms with E-state index >= 15 is 0 Å². The van der Waals surface area contributed by atoms with Gasteiger partial charge >= 0.3 is 0 Å². The zero-order chi connectivity index (χ0) is 18.5. The molecule has 0 spiro atoms. The lowest BCUT2D eigenvalue weighted by atomic mass is 9.88. The van der Waals surface area contributed by atoms with Crippen molar-refractivity contribution in [2.45, 2.75) is 51.6 Å². The Kier molecular flexibility index (Phi) is 6.04. The third-order valence-electron chi connectivity index (χ3n) is 4.94. The van der Waals surface area contributed by atoms with E-state index in [1.54, 1.807) is 4.90 Å². The van der Waals surface area contributed by atoms with Gasteiger partial charge in [0.05, 0.1) is 6.10 Å². The Balaban J connectivity index is 1.47. The van der Waals surface area contributed by atoms with Gasteiger partial charge in [0.1, 0.15) is 0 Å². The van der Waals surface area contributed by atoms with Gasteiger partial charge in [-0.05, 0) is 24.3 Å². The van der Waals surface area contributed by atoms with Gasteiger partial charge in [0, 0.05) is 31.8 Å². The molecule has 1 fully saturated rings. The van der Waals surface area contributed by atoms with Crippen LogP contribution in [0.1, 0.15) is 50.0 Å². The predicted octanol–water partition coefficient (Wildman–Crippen LogP) is 2.58. The summed E-state index contributed by atoms with van der Waals surface area (Å²) in [6.45, 7) is 5.07. The Morgan fingerprint density at radius 1 is 1.31 bits per heavy atom. The lowest BCUT2D eigenvalue weighted by Gasteiger charge is -2.36. The average molecular weight is 357 g/mol. The highest BCUT2D eigenvalue weighted by Crippen LogP contribution is 2.23. The SMILES string of the molecule is CC(C)c1nnc(CCC(=O)N2CC[C@H](Cc3ccccc3)[C@@H](O)C2)o1. The molecule has 1 aliphatic rings. The monoisotopic (exact) mass is 357 g/mol. The summed E-state index contributed by atoms with van der Waals surface area (Å²) in [5.41, 5.74) is 1.23. The van der Waals surface area contributed by atoms with Crippen LogP contribution in [0.2, 0.25) is 0 Å². The summed E-state index contributed by atoms with van der Waals surface area (Å²) >= 11 is 0. The lowest BCUT2D eigenvalue weighted by Crippen LogP contribution is -2.47. The Hall–Kier alpha value is -2.21. The Morgan fingerprint density at radius 2 is 2.08 bits per heavy atom. The molecule has 6 nitrogen and oxygen atoms in total. The van der Waals surface area contributed by atoms with Crippen molar-refractivity contribution in [1.82, 2.24) is 15.1 Å². The fourth-order valence-electron chi connectivity index (χ4n) is 3.33. The molecule has 1 N–H and O–H groups in total. The smallest absolute Gasteiger partial charge is 0.223 e. The molecule has 26 heavy (non-hydrogen) atoms. The second kappa shape index (κ2) is 8.45. The molecule has 0 saturated carbocycles. The average Bonchev–Trinajstić information content (AvgIpc) is 3.11. The van der Waals surface area contributed by atoms with E-state index in [0.29, 0.717) is 37.7 Å². The van der Waals surface area contributed by atoms with Crippen LogP contribution in [0, 0.1) is 5.92 Å². The molecule has 6 heteroatoms. The lowest BCUT2D eigenvalue weighted by molar-refractivity contribution is -0.135. The van der Waals surface area contributed by atoms with Gasteiger partial charge in [0.2, 0.25) is 17.7 Å². The molecular formula is C20H27N3O3. The van der Waals surface area contributed by atoms with Crippen molar-refractivity contribution in [1.29, 1.82) is 0 Å². The van der Waals surface area contributed by atoms with Gasteiger partial charge in [0.15, 0.2) is 0 Å². The number of benzene rings is 1. The van der Waals surface area contributed by atoms with Gasteiger partial charge in [-0.25, -0.2) is 0 Å². The van der Waals surface area contributed by atoms with Crippen molar-refractivity contribution >= 4 is 5.91 Å². The number of nitrogens with zero attached hydrogens (tertiary/aromatic N) is 3. The number of hydrogen-bond donors (Lipinski definition) is 1. The predicted molar refractivity (Wildman–Crippen MR) is 97.5 cm³/mol. The van der Waals surface area contributed by atoms with Crippen molar-refractivity contribution in [2.75, 3.05) is 13.1 Å². The molecule has 1 saturated heterocycles. The Labute approximate surface area is 154 Å². The van der Waals surface area contributed by atoms with Gasteiger partial charge in [-0.1, -0.05) is 44.2 Å². The van der Waals surface area contributed by atoms with E-state index in [1.165, 1.54) is 5.56 Å². The highest BCUT2D eigenvalue weighted by atomic mass is 16.4. The quantitative estimate of drug-likeness (QED) is 0.859. The molecule has 140 valence electrons. The number of amides is 1. The maximum atomic E-state index is 12.4. The first-order chi connectivity index (χ1) is 12.5. The summed E-state index contributed by atoms with van der Waals surface area (Å²) in [5, 5.41) is 18.4. The first kappa shape index (κ1) is 18.6. The fraction of sp³-hybridized carbons (Fsp3) is 0.550. The van der Waals surface area contributed by atoms with Crippen molar-refractivity contribution < 1.29 is 14.3 Å². The number of likely N-dealkylation sites (tertiary alicyclic amines) is 1. The second-order valence-electron chi connectivity index (χ2n) is 7.33. The molecule has 1 amide bonds. The third kappa shape index (κ3) is 4.69. The number of aromatic nitrogens is 2. The summed E-state index contributed by atoms with van der Waals surface area (Å²) in [6.07, 6.45) is 1.96. The Morgan fingerprint density at radius 3 is 2.73 bits per heavy atom. The van der Waals surface area contributed by atoms with Crippen molar-refractivity contribution in [3.63, 3.8) is 0 Å². The molecule has 1 aromatic carbocycles. The van der Waals surface area contributed by atoms with Crippen LogP contribution < -0.4 is 0 Å². The number of hydrogen-bond acceptors (Lipinski definition) is 5. The minimum Gasteiger partial charge on any atom is -0.425 e. The van der Waals surface area contributed by atoms with Crippen LogP contribution >= 0.6 is 0 Å². The first-order valence-corrected chi connectivity index (χ1v) is 9.35. The van der Waals surface area contributed by atoms with Crippen LogP contribution in [0.3, 0.4) is 0 Å². The number of carbonyl (C=O) groups excluding carboxylic acids is 1. The van der Waals surface area contributed by atoms with Crippen molar-refractivity contribution in [3.05, 3.63) is 47.7 Å². The van der Waals surface area contributed by atoms with E-state index in [1.807, 2.05) is 32.0 Å². The number of aliphatic hydroxyl groups is 1. The molecule has 0 unspecified atom stereocenters. The summed E-state index contributed by atoms with van der Waals surface area (Å²) in [6, 6.07) is 10.2. The van der Waals surface area contributed by atoms with E-state index in [0.717, 1.165) is 12.8 Å². The minimum absolute atomic E-state index is 0.0338. The van der Waals surface area contributed by atoms with Gasteiger partial charge < -0.3 is 14.4 Å². The number of rotatable bonds is 6. The molecule has 2 heterocycles. The fourth-order valence-corrected chi connectivity index (χ4v) is 3.33. The molecular weight excluding hydrogens is 330 g/mol. The van der Waals surface area contributed by atoms with E-state index in [-0.39, 0.29) is 17.7 Å². The van der Waals surface area contributed by atoms with Crippen LogP contribution in [0.15, 0.2) is 34.7 Å². The van der Waals surface area contributed by atoms with E-state index in [9.17, 15) is 9.90 Å². The van der Waals surface area contributed by atoms with E-state index in [4.69, 9.17) is 4.42 Å². The molecule has 0 radical (unpaired) electrons. The number of carbonyl (C=O) groups is 1. The molecule has 3 rings (SSSR count). The highest BCUT2D eigenvalue weighted by Gasteiger charge is 2.30. The largest absolute Gasteiger partial charge is 0.425 e. The Bertz CT molecular complexity index is 714. The summed E-state index contributed by atoms with van der Waals surface area (Å²) in [4.78, 5) is 14.2. The summed E-state index contributed by atoms with van der Waals surface area (Å²) in [7, 11) is 0. The van der Waals surface area contributed by atoms with Crippen LogP contribution in [0.4, 0.5) is 0 Å². The number of β-amino-alcohol motifs (C(OH)–C–C–N with tert-alkyl or cyclic N) is 1. The molecule has 0 aliphatic carbocycles. The topological polar surface area (TPSA) is 79.5 Å².